The van der Waals surface area contributed by atoms with Crippen molar-refractivity contribution in [3.63, 3.8) is 0 Å². The average molecular weight is 290 g/mol. The lowest BCUT2D eigenvalue weighted by molar-refractivity contribution is -0.384. The molecule has 0 aliphatic rings. The largest absolute Gasteiger partial charge is 0.370 e. The number of aromatic nitrogens is 1. The maximum Gasteiger partial charge on any atom is 0.311 e. The molecule has 7 heteroatoms. The molecule has 0 fully saturated rings. The van der Waals surface area contributed by atoms with Crippen LogP contribution in [0.2, 0.25) is 0 Å². The Labute approximate surface area is 121 Å². The van der Waals surface area contributed by atoms with Gasteiger partial charge in [0.15, 0.2) is 0 Å². The van der Waals surface area contributed by atoms with E-state index in [1.807, 2.05) is 13.8 Å². The van der Waals surface area contributed by atoms with Crippen molar-refractivity contribution in [3.05, 3.63) is 51.8 Å². The monoisotopic (exact) mass is 290 g/mol. The fraction of sp³-hybridized carbons (Fsp3) is 0.214. The minimum Gasteiger partial charge on any atom is -0.370 e. The number of hydrogen-bond donors (Lipinski definition) is 2. The summed E-state index contributed by atoms with van der Waals surface area (Å²) in [6.45, 7) is 4.32. The van der Waals surface area contributed by atoms with Crippen LogP contribution in [0.15, 0.2) is 30.3 Å². The van der Waals surface area contributed by atoms with Crippen molar-refractivity contribution in [2.45, 2.75) is 13.8 Å². The van der Waals surface area contributed by atoms with Crippen LogP contribution in [0.5, 0.6) is 0 Å². The normalized spacial score (nSPS) is 10.2. The Morgan fingerprint density at radius 2 is 2.10 bits per heavy atom. The van der Waals surface area contributed by atoms with Gasteiger partial charge in [0, 0.05) is 12.6 Å². The number of anilines is 3. The summed E-state index contributed by atoms with van der Waals surface area (Å²) < 4.78 is 13.8. The SMILES string of the molecule is CCNc1ccc([N+](=O)[O-])c(Nc2cc(C)ccc2F)n1. The number of hydrogen-bond acceptors (Lipinski definition) is 5. The second-order valence-electron chi connectivity index (χ2n) is 4.46. The Morgan fingerprint density at radius 3 is 2.76 bits per heavy atom. The molecular formula is C14H15FN4O2. The van der Waals surface area contributed by atoms with Crippen molar-refractivity contribution < 1.29 is 9.31 Å². The molecule has 0 aliphatic carbocycles. The maximum atomic E-state index is 13.8. The quantitative estimate of drug-likeness (QED) is 0.649. The van der Waals surface area contributed by atoms with Crippen molar-refractivity contribution in [1.82, 2.24) is 4.98 Å². The molecule has 1 aromatic heterocycles. The molecule has 0 saturated heterocycles. The summed E-state index contributed by atoms with van der Waals surface area (Å²) in [4.78, 5) is 14.6. The number of aryl methyl sites for hydroxylation is 1. The van der Waals surface area contributed by atoms with Crippen LogP contribution in [0.3, 0.4) is 0 Å². The Balaban J connectivity index is 2.43. The van der Waals surface area contributed by atoms with Gasteiger partial charge in [-0.1, -0.05) is 6.07 Å². The topological polar surface area (TPSA) is 80.1 Å². The Bertz CT molecular complexity index is 676. The van der Waals surface area contributed by atoms with Crippen LogP contribution in [0.25, 0.3) is 0 Å². The summed E-state index contributed by atoms with van der Waals surface area (Å²) in [6.07, 6.45) is 0. The second kappa shape index (κ2) is 6.17. The van der Waals surface area contributed by atoms with E-state index in [2.05, 4.69) is 15.6 Å². The lowest BCUT2D eigenvalue weighted by Gasteiger charge is -2.10. The molecule has 110 valence electrons. The van der Waals surface area contributed by atoms with Crippen molar-refractivity contribution in [1.29, 1.82) is 0 Å². The number of benzene rings is 1. The van der Waals surface area contributed by atoms with E-state index in [9.17, 15) is 14.5 Å². The molecule has 0 aliphatic heterocycles. The fourth-order valence-corrected chi connectivity index (χ4v) is 1.83. The van der Waals surface area contributed by atoms with E-state index >= 15 is 0 Å². The minimum atomic E-state index is -0.557. The molecule has 2 aromatic rings. The van der Waals surface area contributed by atoms with Crippen molar-refractivity contribution in [3.8, 4) is 0 Å². The van der Waals surface area contributed by atoms with Crippen LogP contribution in [-0.2, 0) is 0 Å². The first-order chi connectivity index (χ1) is 10.0. The van der Waals surface area contributed by atoms with E-state index < -0.39 is 10.7 Å². The molecule has 1 aromatic carbocycles. The van der Waals surface area contributed by atoms with Gasteiger partial charge in [-0.2, -0.15) is 0 Å². The van der Waals surface area contributed by atoms with E-state index in [4.69, 9.17) is 0 Å². The zero-order chi connectivity index (χ0) is 15.4. The van der Waals surface area contributed by atoms with Gasteiger partial charge < -0.3 is 10.6 Å². The van der Waals surface area contributed by atoms with E-state index in [1.54, 1.807) is 12.1 Å². The summed E-state index contributed by atoms with van der Waals surface area (Å²) in [6, 6.07) is 7.34. The average Bonchev–Trinajstić information content (AvgIpc) is 2.43. The first kappa shape index (κ1) is 14.7. The standard InChI is InChI=1S/C14H15FN4O2/c1-3-16-13-7-6-12(19(20)21)14(18-13)17-11-8-9(2)4-5-10(11)15/h4-8H,3H2,1-2H3,(H2,16,17,18). The number of rotatable bonds is 5. The van der Waals surface area contributed by atoms with E-state index in [0.717, 1.165) is 5.56 Å². The Kier molecular flexibility index (Phi) is 4.32. The van der Waals surface area contributed by atoms with Gasteiger partial charge in [-0.25, -0.2) is 9.37 Å². The van der Waals surface area contributed by atoms with Crippen LogP contribution in [0, 0.1) is 22.9 Å². The number of pyridine rings is 1. The summed E-state index contributed by atoms with van der Waals surface area (Å²) in [5.41, 5.74) is 0.779. The van der Waals surface area contributed by atoms with Gasteiger partial charge in [0.05, 0.1) is 10.6 Å². The molecule has 2 N–H and O–H groups in total. The molecule has 0 amide bonds. The third-order valence-electron chi connectivity index (χ3n) is 2.80. The van der Waals surface area contributed by atoms with Crippen molar-refractivity contribution >= 4 is 23.0 Å². The minimum absolute atomic E-state index is 0.00273. The van der Waals surface area contributed by atoms with Gasteiger partial charge in [0.25, 0.3) is 0 Å². The predicted molar refractivity (Wildman–Crippen MR) is 79.5 cm³/mol. The van der Waals surface area contributed by atoms with Crippen LogP contribution in [-0.4, -0.2) is 16.5 Å². The number of halogens is 1. The molecule has 0 unspecified atom stereocenters. The van der Waals surface area contributed by atoms with Gasteiger partial charge in [0.1, 0.15) is 11.6 Å². The molecule has 2 rings (SSSR count). The number of nitro groups is 1. The molecule has 0 radical (unpaired) electrons. The van der Waals surface area contributed by atoms with Gasteiger partial charge >= 0.3 is 5.69 Å². The second-order valence-corrected chi connectivity index (χ2v) is 4.46. The predicted octanol–water partition coefficient (Wildman–Crippen LogP) is 3.61. The molecule has 0 bridgehead atoms. The molecule has 1 heterocycles. The summed E-state index contributed by atoms with van der Waals surface area (Å²) in [7, 11) is 0. The molecule has 6 nitrogen and oxygen atoms in total. The highest BCUT2D eigenvalue weighted by Crippen LogP contribution is 2.28. The van der Waals surface area contributed by atoms with E-state index in [0.29, 0.717) is 12.4 Å². The lowest BCUT2D eigenvalue weighted by Crippen LogP contribution is -2.05. The van der Waals surface area contributed by atoms with E-state index in [-0.39, 0.29) is 17.2 Å². The van der Waals surface area contributed by atoms with Crippen LogP contribution < -0.4 is 10.6 Å². The van der Waals surface area contributed by atoms with Gasteiger partial charge in [-0.3, -0.25) is 10.1 Å². The fourth-order valence-electron chi connectivity index (χ4n) is 1.83. The van der Waals surface area contributed by atoms with Crippen molar-refractivity contribution in [2.75, 3.05) is 17.2 Å². The highest BCUT2D eigenvalue weighted by molar-refractivity contribution is 5.68. The van der Waals surface area contributed by atoms with Crippen molar-refractivity contribution in [2.24, 2.45) is 0 Å². The molecule has 0 spiro atoms. The Hall–Kier alpha value is -2.70. The summed E-state index contributed by atoms with van der Waals surface area (Å²) >= 11 is 0. The third-order valence-corrected chi connectivity index (χ3v) is 2.80. The maximum absolute atomic E-state index is 13.8. The van der Waals surface area contributed by atoms with Gasteiger partial charge in [0.2, 0.25) is 5.82 Å². The van der Waals surface area contributed by atoms with E-state index in [1.165, 1.54) is 18.2 Å². The zero-order valence-corrected chi connectivity index (χ0v) is 11.7. The van der Waals surface area contributed by atoms with Gasteiger partial charge in [-0.05, 0) is 37.6 Å². The number of nitrogens with one attached hydrogen (secondary N) is 2. The smallest absolute Gasteiger partial charge is 0.311 e. The van der Waals surface area contributed by atoms with Crippen LogP contribution in [0.1, 0.15) is 12.5 Å². The highest BCUT2D eigenvalue weighted by Gasteiger charge is 2.17. The highest BCUT2D eigenvalue weighted by atomic mass is 19.1. The summed E-state index contributed by atoms with van der Waals surface area (Å²) in [5.74, 6) is -0.00726. The zero-order valence-electron chi connectivity index (χ0n) is 11.7. The molecule has 0 saturated carbocycles. The Morgan fingerprint density at radius 1 is 1.33 bits per heavy atom. The van der Waals surface area contributed by atoms with Crippen LogP contribution in [0.4, 0.5) is 27.4 Å². The summed E-state index contributed by atoms with van der Waals surface area (Å²) in [5, 5.41) is 16.7. The first-order valence-electron chi connectivity index (χ1n) is 6.43. The molecule has 21 heavy (non-hydrogen) atoms. The van der Waals surface area contributed by atoms with Gasteiger partial charge in [-0.15, -0.1) is 0 Å². The van der Waals surface area contributed by atoms with Crippen LogP contribution >= 0.6 is 0 Å². The number of nitrogens with zero attached hydrogens (tertiary/aromatic N) is 2. The first-order valence-corrected chi connectivity index (χ1v) is 6.43. The molecule has 0 atom stereocenters. The third kappa shape index (κ3) is 3.44. The lowest BCUT2D eigenvalue weighted by atomic mass is 10.2. The molecular weight excluding hydrogens is 275 g/mol.